The first-order valence-electron chi connectivity index (χ1n) is 7.23. The van der Waals surface area contributed by atoms with E-state index in [9.17, 15) is 4.79 Å². The minimum atomic E-state index is 0.111. The molecule has 1 unspecified atom stereocenters. The fourth-order valence-electron chi connectivity index (χ4n) is 2.36. The predicted molar refractivity (Wildman–Crippen MR) is 83.6 cm³/mol. The van der Waals surface area contributed by atoms with Crippen molar-refractivity contribution in [2.75, 3.05) is 20.7 Å². The van der Waals surface area contributed by atoms with Gasteiger partial charge in [-0.05, 0) is 50.9 Å². The van der Waals surface area contributed by atoms with Crippen LogP contribution in [-0.4, -0.2) is 37.4 Å². The Morgan fingerprint density at radius 1 is 1.30 bits per heavy atom. The fraction of sp³-hybridized carbons (Fsp3) is 0.588. The van der Waals surface area contributed by atoms with Gasteiger partial charge < -0.3 is 4.74 Å². The van der Waals surface area contributed by atoms with Crippen molar-refractivity contribution in [1.82, 2.24) is 4.90 Å². The molecule has 3 heteroatoms. The van der Waals surface area contributed by atoms with Crippen molar-refractivity contribution < 1.29 is 9.53 Å². The Kier molecular flexibility index (Phi) is 6.21. The molecule has 20 heavy (non-hydrogen) atoms. The Bertz CT molecular complexity index is 454. The van der Waals surface area contributed by atoms with Gasteiger partial charge >= 0.3 is 0 Å². The summed E-state index contributed by atoms with van der Waals surface area (Å²) in [5.41, 5.74) is 1.77. The van der Waals surface area contributed by atoms with Gasteiger partial charge in [0.05, 0.1) is 19.2 Å². The van der Waals surface area contributed by atoms with Crippen LogP contribution < -0.4 is 4.74 Å². The smallest absolute Gasteiger partial charge is 0.180 e. The van der Waals surface area contributed by atoms with E-state index in [-0.39, 0.29) is 5.78 Å². The molecule has 0 N–H and O–H groups in total. The SMILES string of the molecule is COc1cc(C)ccc1C(=O)CN(C)C(C)CC(C)C. The van der Waals surface area contributed by atoms with Crippen LogP contribution in [-0.2, 0) is 0 Å². The number of aryl methyl sites for hydroxylation is 1. The van der Waals surface area contributed by atoms with E-state index >= 15 is 0 Å². The second kappa shape index (κ2) is 7.44. The Labute approximate surface area is 122 Å². The zero-order valence-electron chi connectivity index (χ0n) is 13.6. The lowest BCUT2D eigenvalue weighted by molar-refractivity contribution is 0.0913. The van der Waals surface area contributed by atoms with E-state index in [1.165, 1.54) is 0 Å². The number of Topliss-reactive ketones (excluding diaryl/α,β-unsaturated/α-hetero) is 1. The van der Waals surface area contributed by atoms with Crippen LogP contribution >= 0.6 is 0 Å². The minimum absolute atomic E-state index is 0.111. The van der Waals surface area contributed by atoms with Crippen LogP contribution in [0.15, 0.2) is 18.2 Å². The predicted octanol–water partition coefficient (Wildman–Crippen LogP) is 3.55. The maximum Gasteiger partial charge on any atom is 0.180 e. The van der Waals surface area contributed by atoms with E-state index in [0.29, 0.717) is 29.8 Å². The molecule has 1 aromatic rings. The molecule has 0 saturated carbocycles. The molecule has 1 rings (SSSR count). The summed E-state index contributed by atoms with van der Waals surface area (Å²) in [7, 11) is 3.61. The summed E-state index contributed by atoms with van der Waals surface area (Å²) >= 11 is 0. The zero-order valence-corrected chi connectivity index (χ0v) is 13.6. The summed E-state index contributed by atoms with van der Waals surface area (Å²) in [6, 6.07) is 6.12. The lowest BCUT2D eigenvalue weighted by Gasteiger charge is -2.25. The van der Waals surface area contributed by atoms with Gasteiger partial charge in [0, 0.05) is 6.04 Å². The Balaban J connectivity index is 2.76. The van der Waals surface area contributed by atoms with Crippen molar-refractivity contribution in [3.63, 3.8) is 0 Å². The summed E-state index contributed by atoms with van der Waals surface area (Å²) in [4.78, 5) is 14.5. The van der Waals surface area contributed by atoms with Crippen LogP contribution in [0, 0.1) is 12.8 Å². The number of nitrogens with zero attached hydrogens (tertiary/aromatic N) is 1. The third-order valence-electron chi connectivity index (χ3n) is 3.62. The summed E-state index contributed by atoms with van der Waals surface area (Å²) in [5, 5.41) is 0. The molecular formula is C17H27NO2. The van der Waals surface area contributed by atoms with Gasteiger partial charge in [0.15, 0.2) is 5.78 Å². The van der Waals surface area contributed by atoms with Gasteiger partial charge in [-0.1, -0.05) is 19.9 Å². The number of carbonyl (C=O) groups excluding carboxylic acids is 1. The maximum atomic E-state index is 12.4. The van der Waals surface area contributed by atoms with Crippen LogP contribution in [0.3, 0.4) is 0 Å². The summed E-state index contributed by atoms with van der Waals surface area (Å²) in [5.74, 6) is 1.41. The van der Waals surface area contributed by atoms with Crippen LogP contribution in [0.1, 0.15) is 43.1 Å². The van der Waals surface area contributed by atoms with Crippen molar-refractivity contribution in [1.29, 1.82) is 0 Å². The van der Waals surface area contributed by atoms with Gasteiger partial charge in [-0.25, -0.2) is 0 Å². The molecule has 1 atom stereocenters. The Morgan fingerprint density at radius 3 is 2.50 bits per heavy atom. The van der Waals surface area contributed by atoms with Gasteiger partial charge in [0.1, 0.15) is 5.75 Å². The highest BCUT2D eigenvalue weighted by Gasteiger charge is 2.18. The van der Waals surface area contributed by atoms with Crippen molar-refractivity contribution in [3.05, 3.63) is 29.3 Å². The number of carbonyl (C=O) groups is 1. The number of rotatable bonds is 7. The van der Waals surface area contributed by atoms with Gasteiger partial charge in [-0.2, -0.15) is 0 Å². The first kappa shape index (κ1) is 16.7. The highest BCUT2D eigenvalue weighted by molar-refractivity contribution is 6.00. The molecule has 1 aromatic carbocycles. The van der Waals surface area contributed by atoms with Crippen molar-refractivity contribution in [2.24, 2.45) is 5.92 Å². The zero-order chi connectivity index (χ0) is 15.3. The van der Waals surface area contributed by atoms with Crippen LogP contribution in [0.2, 0.25) is 0 Å². The van der Waals surface area contributed by atoms with Crippen LogP contribution in [0.4, 0.5) is 0 Å². The third kappa shape index (κ3) is 4.64. The van der Waals surface area contributed by atoms with E-state index in [1.807, 2.05) is 32.2 Å². The quantitative estimate of drug-likeness (QED) is 0.714. The number of ketones is 1. The summed E-state index contributed by atoms with van der Waals surface area (Å²) < 4.78 is 5.31. The number of likely N-dealkylation sites (N-methyl/N-ethyl adjacent to an activating group) is 1. The van der Waals surface area contributed by atoms with E-state index in [0.717, 1.165) is 12.0 Å². The molecule has 3 nitrogen and oxygen atoms in total. The van der Waals surface area contributed by atoms with E-state index in [1.54, 1.807) is 7.11 Å². The topological polar surface area (TPSA) is 29.5 Å². The van der Waals surface area contributed by atoms with Gasteiger partial charge in [0.25, 0.3) is 0 Å². The van der Waals surface area contributed by atoms with Gasteiger partial charge in [-0.15, -0.1) is 0 Å². The molecular weight excluding hydrogens is 250 g/mol. The van der Waals surface area contributed by atoms with Crippen molar-refractivity contribution in [2.45, 2.75) is 40.2 Å². The molecule has 0 aliphatic carbocycles. The minimum Gasteiger partial charge on any atom is -0.496 e. The number of hydrogen-bond acceptors (Lipinski definition) is 3. The molecule has 0 fully saturated rings. The third-order valence-corrected chi connectivity index (χ3v) is 3.62. The summed E-state index contributed by atoms with van der Waals surface area (Å²) in [6.45, 7) is 8.99. The monoisotopic (exact) mass is 277 g/mol. The molecule has 0 spiro atoms. The highest BCUT2D eigenvalue weighted by atomic mass is 16.5. The first-order chi connectivity index (χ1) is 9.35. The molecule has 0 amide bonds. The average Bonchev–Trinajstić information content (AvgIpc) is 2.37. The average molecular weight is 277 g/mol. The number of hydrogen-bond donors (Lipinski definition) is 0. The van der Waals surface area contributed by atoms with Gasteiger partial charge in [-0.3, -0.25) is 9.69 Å². The van der Waals surface area contributed by atoms with Gasteiger partial charge in [0.2, 0.25) is 0 Å². The molecule has 0 bridgehead atoms. The second-order valence-corrected chi connectivity index (χ2v) is 6.02. The van der Waals surface area contributed by atoms with Crippen molar-refractivity contribution in [3.8, 4) is 5.75 Å². The molecule has 112 valence electrons. The Hall–Kier alpha value is -1.35. The molecule has 0 saturated heterocycles. The number of benzene rings is 1. The standard InChI is InChI=1S/C17H27NO2/c1-12(2)9-14(4)18(5)11-16(19)15-8-7-13(3)10-17(15)20-6/h7-8,10,12,14H,9,11H2,1-6H3. The maximum absolute atomic E-state index is 12.4. The lowest BCUT2D eigenvalue weighted by atomic mass is 10.0. The molecule has 0 aromatic heterocycles. The molecule has 0 heterocycles. The molecule has 0 radical (unpaired) electrons. The van der Waals surface area contributed by atoms with Crippen LogP contribution in [0.5, 0.6) is 5.75 Å². The Morgan fingerprint density at radius 2 is 1.95 bits per heavy atom. The van der Waals surface area contributed by atoms with E-state index in [4.69, 9.17) is 4.74 Å². The summed E-state index contributed by atoms with van der Waals surface area (Å²) in [6.07, 6.45) is 1.09. The first-order valence-corrected chi connectivity index (χ1v) is 7.23. The number of methoxy groups -OCH3 is 1. The lowest BCUT2D eigenvalue weighted by Crippen LogP contribution is -2.34. The highest BCUT2D eigenvalue weighted by Crippen LogP contribution is 2.21. The van der Waals surface area contributed by atoms with E-state index in [2.05, 4.69) is 25.7 Å². The molecule has 0 aliphatic rings. The van der Waals surface area contributed by atoms with Crippen molar-refractivity contribution >= 4 is 5.78 Å². The normalized spacial score (nSPS) is 12.8. The molecule has 0 aliphatic heterocycles. The fourth-order valence-corrected chi connectivity index (χ4v) is 2.36. The van der Waals surface area contributed by atoms with E-state index < -0.39 is 0 Å². The van der Waals surface area contributed by atoms with Crippen LogP contribution in [0.25, 0.3) is 0 Å². The second-order valence-electron chi connectivity index (χ2n) is 6.02. The largest absolute Gasteiger partial charge is 0.496 e. The number of ether oxygens (including phenoxy) is 1.